The van der Waals surface area contributed by atoms with E-state index in [-0.39, 0.29) is 6.10 Å². The van der Waals surface area contributed by atoms with Crippen LogP contribution in [0, 0.1) is 0 Å². The number of aromatic nitrogens is 2. The van der Waals surface area contributed by atoms with E-state index >= 15 is 0 Å². The molecule has 5 rings (SSSR count). The zero-order valence-electron chi connectivity index (χ0n) is 12.7. The van der Waals surface area contributed by atoms with Crippen LogP contribution in [0.1, 0.15) is 11.4 Å². The number of fused-ring (bicyclic) bond motifs is 6. The van der Waals surface area contributed by atoms with E-state index in [4.69, 9.17) is 19.2 Å². The summed E-state index contributed by atoms with van der Waals surface area (Å²) in [5.41, 5.74) is 3.03. The number of para-hydroxylation sites is 2. The van der Waals surface area contributed by atoms with Crippen molar-refractivity contribution in [2.24, 2.45) is 0 Å². The molecule has 1 aromatic heterocycles. The Balaban J connectivity index is 1.74. The van der Waals surface area contributed by atoms with Crippen molar-refractivity contribution < 1.29 is 14.2 Å². The number of benzene rings is 2. The summed E-state index contributed by atoms with van der Waals surface area (Å²) in [4.78, 5) is 4.81. The molecule has 0 saturated carbocycles. The van der Waals surface area contributed by atoms with E-state index in [1.54, 1.807) is 7.11 Å². The molecular weight excluding hydrogens is 292 g/mol. The third-order valence-corrected chi connectivity index (χ3v) is 4.61. The second-order valence-electron chi connectivity index (χ2n) is 5.93. The first-order valence-corrected chi connectivity index (χ1v) is 7.72. The molecule has 3 heterocycles. The fraction of sp³-hybridized carbons (Fsp3) is 0.278. The van der Waals surface area contributed by atoms with E-state index in [1.807, 2.05) is 42.5 Å². The number of hydrogen-bond donors (Lipinski definition) is 0. The molecule has 0 radical (unpaired) electrons. The Morgan fingerprint density at radius 3 is 2.83 bits per heavy atom. The Morgan fingerprint density at radius 2 is 2.00 bits per heavy atom. The number of hydrogen-bond acceptors (Lipinski definition) is 4. The second-order valence-corrected chi connectivity index (χ2v) is 5.93. The summed E-state index contributed by atoms with van der Waals surface area (Å²) in [5, 5.41) is 0. The van der Waals surface area contributed by atoms with Crippen LogP contribution in [0.5, 0.6) is 5.75 Å². The fourth-order valence-electron chi connectivity index (χ4n) is 3.53. The number of methoxy groups -OCH3 is 1. The molecule has 23 heavy (non-hydrogen) atoms. The molecule has 2 aliphatic heterocycles. The van der Waals surface area contributed by atoms with Gasteiger partial charge in [0.1, 0.15) is 11.9 Å². The monoisotopic (exact) mass is 308 g/mol. The summed E-state index contributed by atoms with van der Waals surface area (Å²) in [6, 6.07) is 16.0. The van der Waals surface area contributed by atoms with Gasteiger partial charge in [0.25, 0.3) is 5.79 Å². The van der Waals surface area contributed by atoms with Crippen molar-refractivity contribution in [2.45, 2.75) is 18.4 Å². The van der Waals surface area contributed by atoms with Crippen molar-refractivity contribution in [2.75, 3.05) is 13.7 Å². The van der Waals surface area contributed by atoms with Crippen LogP contribution in [0.2, 0.25) is 0 Å². The van der Waals surface area contributed by atoms with E-state index in [0.29, 0.717) is 6.61 Å². The van der Waals surface area contributed by atoms with E-state index in [0.717, 1.165) is 34.7 Å². The number of nitrogens with zero attached hydrogens (tertiary/aromatic N) is 2. The number of imidazole rings is 1. The molecule has 0 aliphatic carbocycles. The number of rotatable bonds is 2. The summed E-state index contributed by atoms with van der Waals surface area (Å²) in [6.45, 7) is 1.34. The standard InChI is InChI=1S/C18H16N2O3/c1-21-13-8-6-12(7-9-13)18-17-19-15-4-2-3-5-16(15)20(17)10-14(23-18)11-22-18/h2-9,14H,10-11H2,1H3. The Kier molecular flexibility index (Phi) is 2.60. The van der Waals surface area contributed by atoms with Crippen molar-refractivity contribution in [1.29, 1.82) is 0 Å². The zero-order chi connectivity index (χ0) is 15.4. The van der Waals surface area contributed by atoms with Gasteiger partial charge in [0.2, 0.25) is 0 Å². The molecule has 1 saturated heterocycles. The SMILES string of the molecule is COc1ccc(C23OCC(Cn4c2nc2ccccc24)O3)cc1. The van der Waals surface area contributed by atoms with Gasteiger partial charge in [0.15, 0.2) is 5.82 Å². The van der Waals surface area contributed by atoms with Gasteiger partial charge >= 0.3 is 0 Å². The van der Waals surface area contributed by atoms with E-state index < -0.39 is 5.79 Å². The average molecular weight is 308 g/mol. The van der Waals surface area contributed by atoms with Crippen LogP contribution in [-0.2, 0) is 21.8 Å². The highest BCUT2D eigenvalue weighted by Crippen LogP contribution is 2.45. The first-order valence-electron chi connectivity index (χ1n) is 7.72. The van der Waals surface area contributed by atoms with Crippen molar-refractivity contribution in [3.05, 3.63) is 59.9 Å². The quantitative estimate of drug-likeness (QED) is 0.730. The van der Waals surface area contributed by atoms with Crippen molar-refractivity contribution >= 4 is 11.0 Å². The lowest BCUT2D eigenvalue weighted by Crippen LogP contribution is -2.38. The van der Waals surface area contributed by atoms with Crippen LogP contribution in [0.4, 0.5) is 0 Å². The van der Waals surface area contributed by atoms with Gasteiger partial charge in [-0.1, -0.05) is 12.1 Å². The van der Waals surface area contributed by atoms with Crippen molar-refractivity contribution in [3.8, 4) is 5.75 Å². The molecule has 1 fully saturated rings. The predicted octanol–water partition coefficient (Wildman–Crippen LogP) is 2.68. The molecule has 5 heteroatoms. The molecular formula is C18H16N2O3. The van der Waals surface area contributed by atoms with Crippen LogP contribution in [-0.4, -0.2) is 29.4 Å². The van der Waals surface area contributed by atoms with E-state index in [1.165, 1.54) is 0 Å². The summed E-state index contributed by atoms with van der Waals surface area (Å²) >= 11 is 0. The normalized spacial score (nSPS) is 25.5. The minimum atomic E-state index is -0.922. The average Bonchev–Trinajstić information content (AvgIpc) is 3.16. The Morgan fingerprint density at radius 1 is 1.17 bits per heavy atom. The molecule has 0 spiro atoms. The molecule has 2 aliphatic rings. The van der Waals surface area contributed by atoms with Crippen molar-refractivity contribution in [3.63, 3.8) is 0 Å². The molecule has 2 atom stereocenters. The lowest BCUT2D eigenvalue weighted by Gasteiger charge is -2.32. The summed E-state index contributed by atoms with van der Waals surface area (Å²) in [7, 11) is 1.66. The lowest BCUT2D eigenvalue weighted by atomic mass is 10.0. The maximum absolute atomic E-state index is 6.25. The summed E-state index contributed by atoms with van der Waals surface area (Å²) in [6.07, 6.45) is 0.0437. The molecule has 3 aromatic rings. The molecule has 2 aromatic carbocycles. The Hall–Kier alpha value is -2.37. The van der Waals surface area contributed by atoms with Crippen LogP contribution in [0.25, 0.3) is 11.0 Å². The minimum Gasteiger partial charge on any atom is -0.497 e. The Labute approximate surface area is 133 Å². The third kappa shape index (κ3) is 1.72. The van der Waals surface area contributed by atoms with Gasteiger partial charge in [-0.15, -0.1) is 0 Å². The van der Waals surface area contributed by atoms with Gasteiger partial charge in [-0.05, 0) is 36.4 Å². The van der Waals surface area contributed by atoms with Gasteiger partial charge in [0, 0.05) is 5.56 Å². The van der Waals surface area contributed by atoms with Crippen LogP contribution < -0.4 is 4.74 Å². The highest BCUT2D eigenvalue weighted by molar-refractivity contribution is 5.76. The Bertz CT molecular complexity index is 887. The maximum Gasteiger partial charge on any atom is 0.256 e. The first-order chi connectivity index (χ1) is 11.3. The number of ether oxygens (including phenoxy) is 3. The second kappa shape index (κ2) is 4.57. The maximum atomic E-state index is 6.25. The van der Waals surface area contributed by atoms with Gasteiger partial charge in [0.05, 0.1) is 31.3 Å². The predicted molar refractivity (Wildman–Crippen MR) is 84.3 cm³/mol. The topological polar surface area (TPSA) is 45.5 Å². The molecule has 2 unspecified atom stereocenters. The smallest absolute Gasteiger partial charge is 0.256 e. The van der Waals surface area contributed by atoms with Gasteiger partial charge in [-0.25, -0.2) is 4.98 Å². The van der Waals surface area contributed by atoms with Gasteiger partial charge in [-0.2, -0.15) is 0 Å². The highest BCUT2D eigenvalue weighted by Gasteiger charge is 2.52. The minimum absolute atomic E-state index is 0.0437. The van der Waals surface area contributed by atoms with Crippen LogP contribution in [0.15, 0.2) is 48.5 Å². The van der Waals surface area contributed by atoms with Crippen LogP contribution >= 0.6 is 0 Å². The van der Waals surface area contributed by atoms with Gasteiger partial charge < -0.3 is 18.8 Å². The highest BCUT2D eigenvalue weighted by atomic mass is 16.7. The first kappa shape index (κ1) is 13.1. The summed E-state index contributed by atoms with van der Waals surface area (Å²) < 4.78 is 19.9. The molecule has 116 valence electrons. The molecule has 5 nitrogen and oxygen atoms in total. The molecule has 0 amide bonds. The molecule has 0 N–H and O–H groups in total. The lowest BCUT2D eigenvalue weighted by molar-refractivity contribution is -0.162. The van der Waals surface area contributed by atoms with E-state index in [2.05, 4.69) is 10.6 Å². The molecule has 2 bridgehead atoms. The van der Waals surface area contributed by atoms with E-state index in [9.17, 15) is 0 Å². The van der Waals surface area contributed by atoms with Crippen molar-refractivity contribution in [1.82, 2.24) is 9.55 Å². The zero-order valence-corrected chi connectivity index (χ0v) is 12.7. The van der Waals surface area contributed by atoms with Crippen LogP contribution in [0.3, 0.4) is 0 Å². The fourth-order valence-corrected chi connectivity index (χ4v) is 3.53. The summed E-state index contributed by atoms with van der Waals surface area (Å²) in [5.74, 6) is 0.704. The third-order valence-electron chi connectivity index (χ3n) is 4.61. The van der Waals surface area contributed by atoms with Gasteiger partial charge in [-0.3, -0.25) is 0 Å². The largest absolute Gasteiger partial charge is 0.497 e.